The molecule has 0 aromatic heterocycles. The molecule has 0 saturated heterocycles. The molecule has 0 aromatic rings. The number of hydrogen-bond donors (Lipinski definition) is 0. The fourth-order valence-corrected chi connectivity index (χ4v) is 8.40. The summed E-state index contributed by atoms with van der Waals surface area (Å²) < 4.78 is 0. The van der Waals surface area contributed by atoms with Crippen LogP contribution in [0.1, 0.15) is 58.8 Å². The summed E-state index contributed by atoms with van der Waals surface area (Å²) in [5, 5.41) is 0.506. The van der Waals surface area contributed by atoms with Gasteiger partial charge in [-0.15, -0.1) is 0 Å². The fraction of sp³-hybridized carbons (Fsp3) is 0.810. The zero-order chi connectivity index (χ0) is 18.0. The van der Waals surface area contributed by atoms with Crippen molar-refractivity contribution in [1.82, 2.24) is 0 Å². The van der Waals surface area contributed by atoms with Crippen LogP contribution in [0, 0.1) is 34.5 Å². The Kier molecular flexibility index (Phi) is 4.63. The summed E-state index contributed by atoms with van der Waals surface area (Å²) in [6.07, 6.45) is 9.87. The van der Waals surface area contributed by atoms with E-state index >= 15 is 0 Å². The quantitative estimate of drug-likeness (QED) is 0.500. The Balaban J connectivity index is 1.65. The molecule has 0 spiro atoms. The SMILES string of the molecule is C[C@]12CC[C@H]3[C@@H](CCC4=CC(=O)[C@H](Br)C[C@@]43C)[C@@H]1CC[C@@H]2C(=O)CBr. The van der Waals surface area contributed by atoms with Crippen molar-refractivity contribution < 1.29 is 9.59 Å². The second-order valence-corrected chi connectivity index (χ2v) is 11.0. The number of fused-ring (bicyclic) bond motifs is 5. The minimum absolute atomic E-state index is 0.0142. The van der Waals surface area contributed by atoms with Crippen molar-refractivity contribution in [2.75, 3.05) is 5.33 Å². The first kappa shape index (κ1) is 18.4. The summed E-state index contributed by atoms with van der Waals surface area (Å²) in [6.45, 7) is 4.81. The summed E-state index contributed by atoms with van der Waals surface area (Å²) in [5.41, 5.74) is 1.77. The van der Waals surface area contributed by atoms with Gasteiger partial charge in [-0.2, -0.15) is 0 Å². The maximum absolute atomic E-state index is 12.5. The maximum atomic E-state index is 12.5. The van der Waals surface area contributed by atoms with Crippen LogP contribution < -0.4 is 0 Å². The van der Waals surface area contributed by atoms with Gasteiger partial charge in [-0.1, -0.05) is 51.3 Å². The van der Waals surface area contributed by atoms with Gasteiger partial charge < -0.3 is 0 Å². The molecular weight excluding hydrogens is 444 g/mol. The summed E-state index contributed by atoms with van der Waals surface area (Å²) in [7, 11) is 0. The zero-order valence-corrected chi connectivity index (χ0v) is 18.4. The summed E-state index contributed by atoms with van der Waals surface area (Å²) in [4.78, 5) is 24.7. The molecule has 0 bridgehead atoms. The van der Waals surface area contributed by atoms with E-state index in [4.69, 9.17) is 0 Å². The number of allylic oxidation sites excluding steroid dienone is 1. The molecule has 0 unspecified atom stereocenters. The molecule has 4 rings (SSSR count). The fourth-order valence-electron chi connectivity index (χ4n) is 7.20. The van der Waals surface area contributed by atoms with Crippen molar-refractivity contribution in [3.63, 3.8) is 0 Å². The summed E-state index contributed by atoms with van der Waals surface area (Å²) in [6, 6.07) is 0. The number of ketones is 2. The van der Waals surface area contributed by atoms with Crippen LogP contribution in [0.5, 0.6) is 0 Å². The maximum Gasteiger partial charge on any atom is 0.169 e. The van der Waals surface area contributed by atoms with Crippen LogP contribution >= 0.6 is 31.9 Å². The number of alkyl halides is 2. The van der Waals surface area contributed by atoms with Gasteiger partial charge in [-0.05, 0) is 79.6 Å². The predicted molar refractivity (Wildman–Crippen MR) is 107 cm³/mol. The van der Waals surface area contributed by atoms with Gasteiger partial charge in [0, 0.05) is 5.92 Å². The van der Waals surface area contributed by atoms with Crippen molar-refractivity contribution in [3.05, 3.63) is 11.6 Å². The zero-order valence-electron chi connectivity index (χ0n) is 15.2. The second-order valence-electron chi connectivity index (χ2n) is 9.35. The molecule has 2 nitrogen and oxygen atoms in total. The number of carbonyl (C=O) groups excluding carboxylic acids is 2. The number of halogens is 2. The monoisotopic (exact) mass is 470 g/mol. The van der Waals surface area contributed by atoms with E-state index in [1.54, 1.807) is 0 Å². The van der Waals surface area contributed by atoms with Crippen LogP contribution in [0.25, 0.3) is 0 Å². The van der Waals surface area contributed by atoms with Crippen LogP contribution in [0.2, 0.25) is 0 Å². The highest BCUT2D eigenvalue weighted by atomic mass is 79.9. The molecule has 4 aliphatic carbocycles. The number of Topliss-reactive ketones (excluding diaryl/α,β-unsaturated/α-hetero) is 1. The third-order valence-corrected chi connectivity index (χ3v) is 9.81. The highest BCUT2D eigenvalue weighted by Gasteiger charge is 2.60. The Morgan fingerprint density at radius 2 is 1.96 bits per heavy atom. The molecule has 25 heavy (non-hydrogen) atoms. The number of carbonyl (C=O) groups is 2. The van der Waals surface area contributed by atoms with Crippen LogP contribution in [0.15, 0.2) is 11.6 Å². The highest BCUT2D eigenvalue weighted by Crippen LogP contribution is 2.66. The largest absolute Gasteiger partial charge is 0.298 e. The molecule has 7 atom stereocenters. The summed E-state index contributed by atoms with van der Waals surface area (Å²) >= 11 is 7.03. The molecule has 3 saturated carbocycles. The van der Waals surface area contributed by atoms with E-state index in [1.165, 1.54) is 31.3 Å². The van der Waals surface area contributed by atoms with Gasteiger partial charge in [0.05, 0.1) is 10.2 Å². The van der Waals surface area contributed by atoms with Crippen LogP contribution in [-0.2, 0) is 9.59 Å². The molecule has 4 heteroatoms. The minimum Gasteiger partial charge on any atom is -0.298 e. The van der Waals surface area contributed by atoms with Gasteiger partial charge in [0.2, 0.25) is 0 Å². The van der Waals surface area contributed by atoms with E-state index in [0.29, 0.717) is 22.9 Å². The Labute approximate surface area is 167 Å². The van der Waals surface area contributed by atoms with Crippen LogP contribution in [0.4, 0.5) is 0 Å². The lowest BCUT2D eigenvalue weighted by molar-refractivity contribution is -0.128. The molecule has 0 aliphatic heterocycles. The average Bonchev–Trinajstić information content (AvgIpc) is 2.93. The third kappa shape index (κ3) is 2.60. The third-order valence-electron chi connectivity index (χ3n) is 8.48. The molecule has 0 radical (unpaired) electrons. The van der Waals surface area contributed by atoms with E-state index in [1.807, 2.05) is 6.08 Å². The number of hydrogen-bond acceptors (Lipinski definition) is 2. The second kappa shape index (κ2) is 6.29. The van der Waals surface area contributed by atoms with Crippen molar-refractivity contribution in [1.29, 1.82) is 0 Å². The topological polar surface area (TPSA) is 34.1 Å². The molecular formula is C21H28Br2O2. The Bertz CT molecular complexity index is 642. The Morgan fingerprint density at radius 1 is 1.20 bits per heavy atom. The average molecular weight is 472 g/mol. The van der Waals surface area contributed by atoms with Gasteiger partial charge in [0.25, 0.3) is 0 Å². The molecule has 0 aromatic carbocycles. The van der Waals surface area contributed by atoms with E-state index < -0.39 is 0 Å². The van der Waals surface area contributed by atoms with Crippen molar-refractivity contribution in [2.24, 2.45) is 34.5 Å². The van der Waals surface area contributed by atoms with E-state index in [0.717, 1.165) is 25.2 Å². The molecule has 3 fully saturated rings. The lowest BCUT2D eigenvalue weighted by Gasteiger charge is -2.58. The van der Waals surface area contributed by atoms with Gasteiger partial charge in [-0.25, -0.2) is 0 Å². The predicted octanol–water partition coefficient (Wildman–Crippen LogP) is 5.47. The molecule has 0 amide bonds. The van der Waals surface area contributed by atoms with Gasteiger partial charge >= 0.3 is 0 Å². The van der Waals surface area contributed by atoms with E-state index in [-0.39, 0.29) is 27.4 Å². The first-order valence-electron chi connectivity index (χ1n) is 9.79. The molecule has 0 N–H and O–H groups in total. The lowest BCUT2D eigenvalue weighted by Crippen LogP contribution is -2.52. The smallest absolute Gasteiger partial charge is 0.169 e. The minimum atomic E-state index is -0.0142. The first-order chi connectivity index (χ1) is 11.8. The first-order valence-corrected chi connectivity index (χ1v) is 11.8. The molecule has 4 aliphatic rings. The Morgan fingerprint density at radius 3 is 2.68 bits per heavy atom. The standard InChI is InChI=1S/C21H28Br2O2/c1-20-8-7-15-13(14(20)5-6-16(20)19(25)11-22)4-3-12-9-18(24)17(23)10-21(12,15)2/h9,13-17H,3-8,10-11H2,1-2H3/t13-,14-,15-,16+,17+,20-,21-/m0/s1. The Hall–Kier alpha value is 0.0400. The summed E-state index contributed by atoms with van der Waals surface area (Å²) in [5.74, 6) is 3.01. The van der Waals surface area contributed by atoms with Gasteiger partial charge in [-0.3, -0.25) is 9.59 Å². The van der Waals surface area contributed by atoms with Crippen molar-refractivity contribution >= 4 is 43.4 Å². The normalized spacial score (nSPS) is 49.0. The van der Waals surface area contributed by atoms with Crippen LogP contribution in [0.3, 0.4) is 0 Å². The van der Waals surface area contributed by atoms with Gasteiger partial charge in [0.1, 0.15) is 5.78 Å². The van der Waals surface area contributed by atoms with Gasteiger partial charge in [0.15, 0.2) is 5.78 Å². The van der Waals surface area contributed by atoms with Crippen molar-refractivity contribution in [2.45, 2.75) is 63.6 Å². The van der Waals surface area contributed by atoms with E-state index in [9.17, 15) is 9.59 Å². The number of rotatable bonds is 2. The lowest BCUT2D eigenvalue weighted by atomic mass is 9.46. The van der Waals surface area contributed by atoms with Crippen LogP contribution in [-0.4, -0.2) is 21.7 Å². The molecule has 0 heterocycles. The van der Waals surface area contributed by atoms with Crippen molar-refractivity contribution in [3.8, 4) is 0 Å². The highest BCUT2D eigenvalue weighted by molar-refractivity contribution is 9.10. The van der Waals surface area contributed by atoms with E-state index in [2.05, 4.69) is 45.7 Å². The molecule has 138 valence electrons.